The highest BCUT2D eigenvalue weighted by molar-refractivity contribution is 5.95. The van der Waals surface area contributed by atoms with E-state index < -0.39 is 12.8 Å². The number of hydrogen-bond acceptors (Lipinski definition) is 3. The summed E-state index contributed by atoms with van der Waals surface area (Å²) in [5.41, 5.74) is 2.76. The highest BCUT2D eigenvalue weighted by Gasteiger charge is 2.29. The first-order chi connectivity index (χ1) is 11.3. The summed E-state index contributed by atoms with van der Waals surface area (Å²) in [7, 11) is 0. The van der Waals surface area contributed by atoms with Crippen LogP contribution in [-0.2, 0) is 6.54 Å². The molecule has 0 aliphatic heterocycles. The molecule has 0 atom stereocenters. The summed E-state index contributed by atoms with van der Waals surface area (Å²) in [5, 5.41) is 2.67. The van der Waals surface area contributed by atoms with Crippen molar-refractivity contribution < 1.29 is 22.7 Å². The highest BCUT2D eigenvalue weighted by atomic mass is 19.4. The smallest absolute Gasteiger partial charge is 0.422 e. The maximum Gasteiger partial charge on any atom is 0.422 e. The molecule has 0 aliphatic carbocycles. The molecule has 0 fully saturated rings. The lowest BCUT2D eigenvalue weighted by Gasteiger charge is -2.13. The van der Waals surface area contributed by atoms with E-state index in [2.05, 4.69) is 10.3 Å². The van der Waals surface area contributed by atoms with Crippen LogP contribution in [0.4, 0.5) is 13.2 Å². The summed E-state index contributed by atoms with van der Waals surface area (Å²) in [5.74, 6) is -0.450. The number of alkyl halides is 3. The van der Waals surface area contributed by atoms with Gasteiger partial charge in [0.15, 0.2) is 6.61 Å². The molecule has 4 nitrogen and oxygen atoms in total. The molecule has 2 aromatic rings. The van der Waals surface area contributed by atoms with Crippen LogP contribution in [0.2, 0.25) is 0 Å². The number of rotatable bonds is 5. The zero-order valence-corrected chi connectivity index (χ0v) is 13.3. The Morgan fingerprint density at radius 2 is 2.00 bits per heavy atom. The second-order valence-electron chi connectivity index (χ2n) is 5.37. The number of hydrogen-bond donors (Lipinski definition) is 1. The molecule has 1 N–H and O–H groups in total. The Labute approximate surface area is 137 Å². The number of carbonyl (C=O) groups excluding carboxylic acids is 1. The number of nitrogens with zero attached hydrogens (tertiary/aromatic N) is 1. The first-order valence-electron chi connectivity index (χ1n) is 7.25. The minimum Gasteiger partial charge on any atom is -0.468 e. The first kappa shape index (κ1) is 17.8. The normalized spacial score (nSPS) is 11.2. The van der Waals surface area contributed by atoms with Gasteiger partial charge in [-0.2, -0.15) is 13.2 Å². The summed E-state index contributed by atoms with van der Waals surface area (Å²) >= 11 is 0. The molecule has 0 bridgehead atoms. The minimum atomic E-state index is -4.45. The average molecular weight is 338 g/mol. The minimum absolute atomic E-state index is 0.0210. The third kappa shape index (κ3) is 4.97. The van der Waals surface area contributed by atoms with Crippen LogP contribution < -0.4 is 10.1 Å². The number of aryl methyl sites for hydroxylation is 2. The number of ether oxygens (including phenoxy) is 1. The fraction of sp³-hybridized carbons (Fsp3) is 0.294. The van der Waals surface area contributed by atoms with Gasteiger partial charge in [0, 0.05) is 23.9 Å². The van der Waals surface area contributed by atoms with Gasteiger partial charge in [0.05, 0.1) is 0 Å². The molecule has 0 saturated carbocycles. The number of carbonyl (C=O) groups is 1. The van der Waals surface area contributed by atoms with Crippen molar-refractivity contribution in [3.63, 3.8) is 0 Å². The zero-order valence-electron chi connectivity index (χ0n) is 13.3. The molecule has 0 radical (unpaired) electrons. The molecule has 1 aromatic carbocycles. The van der Waals surface area contributed by atoms with Crippen molar-refractivity contribution >= 4 is 5.91 Å². The number of halogens is 3. The lowest BCUT2D eigenvalue weighted by Crippen LogP contribution is -2.25. The summed E-state index contributed by atoms with van der Waals surface area (Å²) in [6.45, 7) is 2.34. The SMILES string of the molecule is Cc1ccc(C(=O)NCc2cccnc2OCC(F)(F)F)c(C)c1. The molecule has 1 heterocycles. The van der Waals surface area contributed by atoms with Gasteiger partial charge in [-0.25, -0.2) is 4.98 Å². The second-order valence-corrected chi connectivity index (χ2v) is 5.37. The van der Waals surface area contributed by atoms with Gasteiger partial charge < -0.3 is 10.1 Å². The molecule has 7 heteroatoms. The van der Waals surface area contributed by atoms with Crippen molar-refractivity contribution in [2.45, 2.75) is 26.6 Å². The molecule has 128 valence electrons. The highest BCUT2D eigenvalue weighted by Crippen LogP contribution is 2.20. The van der Waals surface area contributed by atoms with E-state index in [4.69, 9.17) is 4.74 Å². The average Bonchev–Trinajstić information content (AvgIpc) is 2.50. The Kier molecular flexibility index (Phi) is 5.43. The molecule has 1 amide bonds. The Hall–Kier alpha value is -2.57. The Bertz CT molecular complexity index is 730. The molecule has 0 spiro atoms. The number of amides is 1. The fourth-order valence-corrected chi connectivity index (χ4v) is 2.18. The lowest BCUT2D eigenvalue weighted by molar-refractivity contribution is -0.154. The van der Waals surface area contributed by atoms with Crippen LogP contribution >= 0.6 is 0 Å². The number of nitrogens with one attached hydrogen (secondary N) is 1. The molecule has 0 unspecified atom stereocenters. The molecule has 0 saturated heterocycles. The summed E-state index contributed by atoms with van der Waals surface area (Å²) in [4.78, 5) is 16.0. The maximum atomic E-state index is 12.3. The van der Waals surface area contributed by atoms with Gasteiger partial charge in [0.2, 0.25) is 5.88 Å². The fourth-order valence-electron chi connectivity index (χ4n) is 2.18. The maximum absolute atomic E-state index is 12.3. The Balaban J connectivity index is 2.05. The molecule has 0 aliphatic rings. The van der Waals surface area contributed by atoms with Crippen molar-refractivity contribution in [2.75, 3.05) is 6.61 Å². The Morgan fingerprint density at radius 1 is 1.25 bits per heavy atom. The standard InChI is InChI=1S/C17H17F3N2O2/c1-11-5-6-14(12(2)8-11)15(23)22-9-13-4-3-7-21-16(13)24-10-17(18,19)20/h3-8H,9-10H2,1-2H3,(H,22,23). The summed E-state index contributed by atoms with van der Waals surface area (Å²) < 4.78 is 41.5. The van der Waals surface area contributed by atoms with Crippen molar-refractivity contribution in [1.82, 2.24) is 10.3 Å². The van der Waals surface area contributed by atoms with E-state index in [9.17, 15) is 18.0 Å². The van der Waals surface area contributed by atoms with E-state index in [1.807, 2.05) is 26.0 Å². The Morgan fingerprint density at radius 3 is 2.67 bits per heavy atom. The molecular formula is C17H17F3N2O2. The number of pyridine rings is 1. The van der Waals surface area contributed by atoms with E-state index in [0.29, 0.717) is 11.1 Å². The van der Waals surface area contributed by atoms with E-state index in [0.717, 1.165) is 11.1 Å². The van der Waals surface area contributed by atoms with E-state index in [1.54, 1.807) is 18.2 Å². The van der Waals surface area contributed by atoms with Crippen molar-refractivity contribution in [2.24, 2.45) is 0 Å². The lowest BCUT2D eigenvalue weighted by atomic mass is 10.1. The van der Waals surface area contributed by atoms with E-state index in [-0.39, 0.29) is 18.3 Å². The van der Waals surface area contributed by atoms with Gasteiger partial charge >= 0.3 is 6.18 Å². The van der Waals surface area contributed by atoms with Gasteiger partial charge in [-0.1, -0.05) is 23.8 Å². The van der Waals surface area contributed by atoms with Crippen molar-refractivity contribution in [3.8, 4) is 5.88 Å². The van der Waals surface area contributed by atoms with Crippen LogP contribution in [0.1, 0.15) is 27.0 Å². The van der Waals surface area contributed by atoms with E-state index in [1.165, 1.54) is 6.20 Å². The third-order valence-electron chi connectivity index (χ3n) is 3.29. The van der Waals surface area contributed by atoms with Gasteiger partial charge in [-0.15, -0.1) is 0 Å². The summed E-state index contributed by atoms with van der Waals surface area (Å²) in [6.07, 6.45) is -3.11. The van der Waals surface area contributed by atoms with Crippen molar-refractivity contribution in [3.05, 3.63) is 58.8 Å². The third-order valence-corrected chi connectivity index (χ3v) is 3.29. The van der Waals surface area contributed by atoms with Gasteiger partial charge in [-0.3, -0.25) is 4.79 Å². The van der Waals surface area contributed by atoms with Gasteiger partial charge in [0.25, 0.3) is 5.91 Å². The largest absolute Gasteiger partial charge is 0.468 e. The zero-order chi connectivity index (χ0) is 17.7. The molecule has 1 aromatic heterocycles. The van der Waals surface area contributed by atoms with Crippen molar-refractivity contribution in [1.29, 1.82) is 0 Å². The van der Waals surface area contributed by atoms with Gasteiger partial charge in [0.1, 0.15) is 0 Å². The van der Waals surface area contributed by atoms with Gasteiger partial charge in [-0.05, 0) is 31.5 Å². The van der Waals surface area contributed by atoms with Crippen LogP contribution in [-0.4, -0.2) is 23.7 Å². The second kappa shape index (κ2) is 7.33. The van der Waals surface area contributed by atoms with Crippen LogP contribution in [0.25, 0.3) is 0 Å². The first-order valence-corrected chi connectivity index (χ1v) is 7.25. The van der Waals surface area contributed by atoms with Crippen LogP contribution in [0.5, 0.6) is 5.88 Å². The number of benzene rings is 1. The van der Waals surface area contributed by atoms with Crippen LogP contribution in [0.3, 0.4) is 0 Å². The van der Waals surface area contributed by atoms with Crippen LogP contribution in [0, 0.1) is 13.8 Å². The molecule has 2 rings (SSSR count). The molecule has 24 heavy (non-hydrogen) atoms. The quantitative estimate of drug-likeness (QED) is 0.907. The van der Waals surface area contributed by atoms with Crippen LogP contribution in [0.15, 0.2) is 36.5 Å². The predicted molar refractivity (Wildman–Crippen MR) is 82.9 cm³/mol. The van der Waals surface area contributed by atoms with E-state index >= 15 is 0 Å². The number of aromatic nitrogens is 1. The predicted octanol–water partition coefficient (Wildman–Crippen LogP) is 3.57. The monoisotopic (exact) mass is 338 g/mol. The molecular weight excluding hydrogens is 321 g/mol. The topological polar surface area (TPSA) is 51.2 Å². The summed E-state index contributed by atoms with van der Waals surface area (Å²) in [6, 6.07) is 8.55.